The van der Waals surface area contributed by atoms with E-state index < -0.39 is 0 Å². The van der Waals surface area contributed by atoms with Crippen LogP contribution in [0.4, 0.5) is 0 Å². The molecule has 0 unspecified atom stereocenters. The van der Waals surface area contributed by atoms with Crippen molar-refractivity contribution in [2.75, 3.05) is 0 Å². The first kappa shape index (κ1) is 13.4. The molecule has 0 amide bonds. The number of nitrogens with one attached hydrogen (secondary N) is 1. The molecular formula is C17H22N2O. The lowest BCUT2D eigenvalue weighted by atomic mass is 9.86. The molecule has 3 rings (SSSR count). The van der Waals surface area contributed by atoms with Gasteiger partial charge in [-0.05, 0) is 23.8 Å². The lowest BCUT2D eigenvalue weighted by molar-refractivity contribution is 0.431. The van der Waals surface area contributed by atoms with E-state index in [9.17, 15) is 0 Å². The van der Waals surface area contributed by atoms with Crippen molar-refractivity contribution in [3.63, 3.8) is 0 Å². The Balaban J connectivity index is 1.79. The van der Waals surface area contributed by atoms with Gasteiger partial charge in [0, 0.05) is 23.7 Å². The molecule has 1 fully saturated rings. The molecule has 1 saturated carbocycles. The summed E-state index contributed by atoms with van der Waals surface area (Å²) in [4.78, 5) is 0. The fourth-order valence-corrected chi connectivity index (χ4v) is 2.29. The normalized spacial score (nSPS) is 15.6. The molecule has 1 N–H and O–H groups in total. The third-order valence-electron chi connectivity index (χ3n) is 3.82. The quantitative estimate of drug-likeness (QED) is 0.916. The molecule has 0 bridgehead atoms. The van der Waals surface area contributed by atoms with Gasteiger partial charge in [0.2, 0.25) is 0 Å². The molecule has 0 saturated heterocycles. The average molecular weight is 270 g/mol. The molecule has 106 valence electrons. The van der Waals surface area contributed by atoms with Gasteiger partial charge >= 0.3 is 0 Å². The van der Waals surface area contributed by atoms with Gasteiger partial charge in [-0.15, -0.1) is 0 Å². The topological polar surface area (TPSA) is 38.1 Å². The maximum absolute atomic E-state index is 5.44. The summed E-state index contributed by atoms with van der Waals surface area (Å²) < 4.78 is 5.44. The molecule has 0 radical (unpaired) electrons. The number of hydrogen-bond acceptors (Lipinski definition) is 3. The van der Waals surface area contributed by atoms with Gasteiger partial charge < -0.3 is 9.84 Å². The summed E-state index contributed by atoms with van der Waals surface area (Å²) in [5, 5.41) is 7.46. The fourth-order valence-electron chi connectivity index (χ4n) is 2.29. The van der Waals surface area contributed by atoms with Crippen LogP contribution in [-0.2, 0) is 12.0 Å². The molecule has 1 aromatic heterocycles. The maximum atomic E-state index is 5.44. The first-order valence-electron chi connectivity index (χ1n) is 7.32. The van der Waals surface area contributed by atoms with Crippen molar-refractivity contribution in [1.82, 2.24) is 10.5 Å². The van der Waals surface area contributed by atoms with Crippen LogP contribution >= 0.6 is 0 Å². The second-order valence-electron chi connectivity index (χ2n) is 6.66. The van der Waals surface area contributed by atoms with Crippen molar-refractivity contribution in [3.05, 3.63) is 41.6 Å². The van der Waals surface area contributed by atoms with Gasteiger partial charge in [-0.2, -0.15) is 0 Å². The largest absolute Gasteiger partial charge is 0.356 e. The van der Waals surface area contributed by atoms with E-state index >= 15 is 0 Å². The van der Waals surface area contributed by atoms with E-state index in [0.29, 0.717) is 6.04 Å². The number of aromatic nitrogens is 1. The minimum absolute atomic E-state index is 0.177. The summed E-state index contributed by atoms with van der Waals surface area (Å²) in [6, 6.07) is 9.30. The fraction of sp³-hybridized carbons (Fsp3) is 0.471. The first-order chi connectivity index (χ1) is 9.54. The van der Waals surface area contributed by atoms with Crippen LogP contribution in [0.15, 0.2) is 35.0 Å². The maximum Gasteiger partial charge on any atom is 0.171 e. The van der Waals surface area contributed by atoms with Gasteiger partial charge in [0.25, 0.3) is 0 Å². The minimum atomic E-state index is 0.177. The zero-order chi connectivity index (χ0) is 14.2. The summed E-state index contributed by atoms with van der Waals surface area (Å²) in [5.74, 6) is 0.888. The molecule has 1 aliphatic carbocycles. The predicted molar refractivity (Wildman–Crippen MR) is 80.5 cm³/mol. The number of rotatable bonds is 4. The molecule has 3 nitrogen and oxygen atoms in total. The smallest absolute Gasteiger partial charge is 0.171 e. The predicted octanol–water partition coefficient (Wildman–Crippen LogP) is 3.89. The van der Waals surface area contributed by atoms with E-state index in [1.54, 1.807) is 0 Å². The summed E-state index contributed by atoms with van der Waals surface area (Å²) in [5.41, 5.74) is 3.75. The van der Waals surface area contributed by atoms with E-state index in [1.165, 1.54) is 18.4 Å². The highest BCUT2D eigenvalue weighted by Gasteiger charge is 2.21. The lowest BCUT2D eigenvalue weighted by Gasteiger charge is -2.18. The first-order valence-corrected chi connectivity index (χ1v) is 7.32. The Kier molecular flexibility index (Phi) is 3.38. The van der Waals surface area contributed by atoms with Crippen LogP contribution < -0.4 is 5.32 Å². The summed E-state index contributed by atoms with van der Waals surface area (Å²) in [7, 11) is 0. The van der Waals surface area contributed by atoms with Crippen LogP contribution in [0.2, 0.25) is 0 Å². The van der Waals surface area contributed by atoms with Crippen molar-refractivity contribution in [2.24, 2.45) is 0 Å². The molecule has 0 atom stereocenters. The monoisotopic (exact) mass is 270 g/mol. The summed E-state index contributed by atoms with van der Waals surface area (Å²) in [6.45, 7) is 7.51. The van der Waals surface area contributed by atoms with Gasteiger partial charge in [0.15, 0.2) is 5.76 Å². The molecule has 1 aromatic carbocycles. The van der Waals surface area contributed by atoms with Gasteiger partial charge in [0.05, 0.1) is 6.20 Å². The number of nitrogens with zero attached hydrogens (tertiary/aromatic N) is 1. The van der Waals surface area contributed by atoms with E-state index in [-0.39, 0.29) is 5.41 Å². The zero-order valence-corrected chi connectivity index (χ0v) is 12.4. The van der Waals surface area contributed by atoms with Crippen LogP contribution in [0, 0.1) is 0 Å². The molecule has 0 aliphatic heterocycles. The third-order valence-corrected chi connectivity index (χ3v) is 3.82. The highest BCUT2D eigenvalue weighted by atomic mass is 16.5. The van der Waals surface area contributed by atoms with Gasteiger partial charge in [0.1, 0.15) is 0 Å². The highest BCUT2D eigenvalue weighted by molar-refractivity contribution is 5.61. The van der Waals surface area contributed by atoms with Gasteiger partial charge in [-0.1, -0.05) is 50.2 Å². The van der Waals surface area contributed by atoms with E-state index in [0.717, 1.165) is 23.4 Å². The van der Waals surface area contributed by atoms with Crippen molar-refractivity contribution >= 4 is 0 Å². The van der Waals surface area contributed by atoms with Crippen LogP contribution in [-0.4, -0.2) is 11.2 Å². The number of hydrogen-bond donors (Lipinski definition) is 1. The van der Waals surface area contributed by atoms with Gasteiger partial charge in [-0.3, -0.25) is 0 Å². The van der Waals surface area contributed by atoms with Crippen molar-refractivity contribution < 1.29 is 4.52 Å². The Labute approximate surface area is 120 Å². The van der Waals surface area contributed by atoms with Gasteiger partial charge in [-0.25, -0.2) is 0 Å². The number of benzene rings is 1. The zero-order valence-electron chi connectivity index (χ0n) is 12.4. The second-order valence-corrected chi connectivity index (χ2v) is 6.66. The molecule has 0 spiro atoms. The molecule has 20 heavy (non-hydrogen) atoms. The molecular weight excluding hydrogens is 248 g/mol. The average Bonchev–Trinajstić information content (AvgIpc) is 3.12. The minimum Gasteiger partial charge on any atom is -0.356 e. The third kappa shape index (κ3) is 2.93. The molecule has 1 aliphatic rings. The van der Waals surface area contributed by atoms with Crippen molar-refractivity contribution in [1.29, 1.82) is 0 Å². The second kappa shape index (κ2) is 5.06. The molecule has 3 heteroatoms. The molecule has 1 heterocycles. The van der Waals surface area contributed by atoms with Crippen LogP contribution in [0.5, 0.6) is 0 Å². The lowest BCUT2D eigenvalue weighted by Crippen LogP contribution is -2.15. The van der Waals surface area contributed by atoms with E-state index in [4.69, 9.17) is 4.52 Å². The Bertz CT molecular complexity index is 574. The van der Waals surface area contributed by atoms with Crippen molar-refractivity contribution in [2.45, 2.75) is 51.6 Å². The Morgan fingerprint density at radius 2 is 1.90 bits per heavy atom. The highest BCUT2D eigenvalue weighted by Crippen LogP contribution is 2.28. The molecule has 2 aromatic rings. The SMILES string of the molecule is CC(C)(C)c1ccc(-c2oncc2CNC2CC2)cc1. The van der Waals surface area contributed by atoms with Crippen molar-refractivity contribution in [3.8, 4) is 11.3 Å². The van der Waals surface area contributed by atoms with Crippen LogP contribution in [0.1, 0.15) is 44.7 Å². The standard InChI is InChI=1S/C17H22N2O/c1-17(2,3)14-6-4-12(5-7-14)16-13(11-19-20-16)10-18-15-8-9-15/h4-7,11,15,18H,8-10H2,1-3H3. The van der Waals surface area contributed by atoms with E-state index in [1.807, 2.05) is 6.20 Å². The summed E-state index contributed by atoms with van der Waals surface area (Å²) >= 11 is 0. The summed E-state index contributed by atoms with van der Waals surface area (Å²) in [6.07, 6.45) is 4.41. The van der Waals surface area contributed by atoms with E-state index in [2.05, 4.69) is 55.5 Å². The Morgan fingerprint density at radius 1 is 1.20 bits per heavy atom. The Hall–Kier alpha value is -1.61. The Morgan fingerprint density at radius 3 is 2.50 bits per heavy atom. The van der Waals surface area contributed by atoms with Crippen LogP contribution in [0.3, 0.4) is 0 Å². The van der Waals surface area contributed by atoms with Crippen LogP contribution in [0.25, 0.3) is 11.3 Å².